The van der Waals surface area contributed by atoms with Crippen molar-refractivity contribution in [2.24, 2.45) is 0 Å². The van der Waals surface area contributed by atoms with Crippen molar-refractivity contribution in [3.8, 4) is 11.8 Å². The molecule has 0 fully saturated rings. The van der Waals surface area contributed by atoms with Gasteiger partial charge in [-0.05, 0) is 17.7 Å². The van der Waals surface area contributed by atoms with Gasteiger partial charge in [-0.15, -0.1) is 0 Å². The second-order valence-electron chi connectivity index (χ2n) is 4.20. The maximum atomic E-state index is 12.4. The topological polar surface area (TPSA) is 56.5 Å². The van der Waals surface area contributed by atoms with Gasteiger partial charge in [0.15, 0.2) is 0 Å². The van der Waals surface area contributed by atoms with E-state index >= 15 is 0 Å². The highest BCUT2D eigenvalue weighted by atomic mass is 19.4. The van der Waals surface area contributed by atoms with E-state index in [1.165, 1.54) is 13.2 Å². The Kier molecular flexibility index (Phi) is 5.80. The lowest BCUT2D eigenvalue weighted by molar-refractivity contribution is -0.147. The first-order chi connectivity index (χ1) is 9.39. The second kappa shape index (κ2) is 7.12. The Labute approximate surface area is 115 Å². The molecular formula is C13H15F3N2O2. The van der Waals surface area contributed by atoms with Gasteiger partial charge in [-0.1, -0.05) is 6.07 Å². The summed E-state index contributed by atoms with van der Waals surface area (Å²) >= 11 is 0. The maximum Gasteiger partial charge on any atom is 0.401 e. The van der Waals surface area contributed by atoms with Crippen molar-refractivity contribution in [3.05, 3.63) is 29.3 Å². The van der Waals surface area contributed by atoms with Gasteiger partial charge in [0.1, 0.15) is 11.8 Å². The largest absolute Gasteiger partial charge is 0.495 e. The molecule has 0 aliphatic heterocycles. The lowest BCUT2D eigenvalue weighted by Gasteiger charge is -2.22. The molecule has 20 heavy (non-hydrogen) atoms. The summed E-state index contributed by atoms with van der Waals surface area (Å²) in [5.41, 5.74) is 0.820. The number of aliphatic hydroxyl groups is 1. The van der Waals surface area contributed by atoms with Gasteiger partial charge in [0, 0.05) is 13.1 Å². The smallest absolute Gasteiger partial charge is 0.401 e. The van der Waals surface area contributed by atoms with E-state index in [2.05, 4.69) is 0 Å². The Morgan fingerprint density at radius 1 is 1.40 bits per heavy atom. The number of rotatable bonds is 6. The van der Waals surface area contributed by atoms with E-state index in [0.29, 0.717) is 11.3 Å². The SMILES string of the molecule is COc1ccc(CN(CCO)CC(F)(F)F)cc1C#N. The third-order valence-electron chi connectivity index (χ3n) is 2.61. The summed E-state index contributed by atoms with van der Waals surface area (Å²) < 4.78 is 42.2. The van der Waals surface area contributed by atoms with Crippen molar-refractivity contribution < 1.29 is 23.0 Å². The van der Waals surface area contributed by atoms with Gasteiger partial charge in [0.2, 0.25) is 0 Å². The zero-order chi connectivity index (χ0) is 15.2. The van der Waals surface area contributed by atoms with Crippen LogP contribution >= 0.6 is 0 Å². The third kappa shape index (κ3) is 5.07. The maximum absolute atomic E-state index is 12.4. The van der Waals surface area contributed by atoms with Crippen LogP contribution in [0, 0.1) is 11.3 Å². The van der Waals surface area contributed by atoms with Crippen molar-refractivity contribution >= 4 is 0 Å². The molecule has 4 nitrogen and oxygen atoms in total. The van der Waals surface area contributed by atoms with E-state index in [1.54, 1.807) is 12.1 Å². The molecular weight excluding hydrogens is 273 g/mol. The van der Waals surface area contributed by atoms with Crippen LogP contribution in [0.5, 0.6) is 5.75 Å². The fraction of sp³-hybridized carbons (Fsp3) is 0.462. The standard InChI is InChI=1S/C13H15F3N2O2/c1-20-12-3-2-10(6-11(12)7-17)8-18(4-5-19)9-13(14,15)16/h2-3,6,19H,4-5,8-9H2,1H3. The summed E-state index contributed by atoms with van der Waals surface area (Å²) in [6, 6.07) is 6.55. The quantitative estimate of drug-likeness (QED) is 0.869. The van der Waals surface area contributed by atoms with Crippen LogP contribution in [-0.4, -0.2) is 43.0 Å². The Morgan fingerprint density at radius 2 is 2.10 bits per heavy atom. The van der Waals surface area contributed by atoms with Crippen molar-refractivity contribution in [1.82, 2.24) is 4.90 Å². The molecule has 0 saturated heterocycles. The van der Waals surface area contributed by atoms with Crippen LogP contribution in [0.25, 0.3) is 0 Å². The molecule has 0 amide bonds. The first-order valence-corrected chi connectivity index (χ1v) is 5.86. The summed E-state index contributed by atoms with van der Waals surface area (Å²) in [6.45, 7) is -1.56. The van der Waals surface area contributed by atoms with E-state index in [4.69, 9.17) is 15.1 Å². The van der Waals surface area contributed by atoms with Crippen LogP contribution in [0.3, 0.4) is 0 Å². The minimum Gasteiger partial charge on any atom is -0.495 e. The van der Waals surface area contributed by atoms with Crippen LogP contribution in [-0.2, 0) is 6.54 Å². The summed E-state index contributed by atoms with van der Waals surface area (Å²) in [5, 5.41) is 17.7. The van der Waals surface area contributed by atoms with Gasteiger partial charge in [0.25, 0.3) is 0 Å². The molecule has 110 valence electrons. The van der Waals surface area contributed by atoms with Gasteiger partial charge in [-0.25, -0.2) is 0 Å². The summed E-state index contributed by atoms with van der Waals surface area (Å²) in [5.74, 6) is 0.376. The minimum atomic E-state index is -4.33. The molecule has 1 aromatic rings. The Bertz CT molecular complexity index is 483. The number of hydrogen-bond donors (Lipinski definition) is 1. The molecule has 0 spiro atoms. The molecule has 0 aliphatic carbocycles. The normalized spacial score (nSPS) is 11.4. The Balaban J connectivity index is 2.86. The number of methoxy groups -OCH3 is 1. The Hall–Kier alpha value is -1.78. The molecule has 1 rings (SSSR count). The van der Waals surface area contributed by atoms with Crippen molar-refractivity contribution in [2.75, 3.05) is 26.8 Å². The molecule has 0 radical (unpaired) electrons. The third-order valence-corrected chi connectivity index (χ3v) is 2.61. The predicted molar refractivity (Wildman–Crippen MR) is 66.1 cm³/mol. The van der Waals surface area contributed by atoms with E-state index in [1.807, 2.05) is 6.07 Å². The highest BCUT2D eigenvalue weighted by Crippen LogP contribution is 2.21. The van der Waals surface area contributed by atoms with Gasteiger partial charge < -0.3 is 9.84 Å². The van der Waals surface area contributed by atoms with E-state index in [-0.39, 0.29) is 25.3 Å². The van der Waals surface area contributed by atoms with Gasteiger partial charge in [0.05, 0.1) is 25.8 Å². The Morgan fingerprint density at radius 3 is 2.60 bits per heavy atom. The summed E-state index contributed by atoms with van der Waals surface area (Å²) in [6.07, 6.45) is -4.33. The highest BCUT2D eigenvalue weighted by Gasteiger charge is 2.30. The van der Waals surface area contributed by atoms with Crippen LogP contribution in [0.15, 0.2) is 18.2 Å². The molecule has 1 N–H and O–H groups in total. The van der Waals surface area contributed by atoms with Crippen LogP contribution in [0.1, 0.15) is 11.1 Å². The van der Waals surface area contributed by atoms with E-state index in [0.717, 1.165) is 4.90 Å². The predicted octanol–water partition coefficient (Wildman–Crippen LogP) is 1.92. The number of alkyl halides is 3. The molecule has 0 unspecified atom stereocenters. The van der Waals surface area contributed by atoms with E-state index < -0.39 is 12.7 Å². The number of aliphatic hydroxyl groups excluding tert-OH is 1. The summed E-state index contributed by atoms with van der Waals surface area (Å²) in [4.78, 5) is 1.07. The first kappa shape index (κ1) is 16.3. The van der Waals surface area contributed by atoms with Gasteiger partial charge in [-0.2, -0.15) is 18.4 Å². The van der Waals surface area contributed by atoms with E-state index in [9.17, 15) is 13.2 Å². The molecule has 0 saturated carbocycles. The molecule has 7 heteroatoms. The average molecular weight is 288 g/mol. The molecule has 0 heterocycles. The number of benzene rings is 1. The zero-order valence-corrected chi connectivity index (χ0v) is 10.9. The zero-order valence-electron chi connectivity index (χ0n) is 10.9. The van der Waals surface area contributed by atoms with Crippen LogP contribution in [0.4, 0.5) is 13.2 Å². The fourth-order valence-electron chi connectivity index (χ4n) is 1.81. The second-order valence-corrected chi connectivity index (χ2v) is 4.20. The van der Waals surface area contributed by atoms with Crippen LogP contribution in [0.2, 0.25) is 0 Å². The average Bonchev–Trinajstić information content (AvgIpc) is 2.37. The lowest BCUT2D eigenvalue weighted by Crippen LogP contribution is -2.35. The van der Waals surface area contributed by atoms with Gasteiger partial charge in [-0.3, -0.25) is 4.90 Å². The first-order valence-electron chi connectivity index (χ1n) is 5.86. The summed E-state index contributed by atoms with van der Waals surface area (Å²) in [7, 11) is 1.41. The molecule has 1 aromatic carbocycles. The number of nitrogens with zero attached hydrogens (tertiary/aromatic N) is 2. The molecule has 0 atom stereocenters. The number of nitriles is 1. The van der Waals surface area contributed by atoms with Crippen LogP contribution < -0.4 is 4.74 Å². The van der Waals surface area contributed by atoms with Crippen molar-refractivity contribution in [2.45, 2.75) is 12.7 Å². The van der Waals surface area contributed by atoms with Crippen molar-refractivity contribution in [3.63, 3.8) is 0 Å². The van der Waals surface area contributed by atoms with Gasteiger partial charge >= 0.3 is 6.18 Å². The molecule has 0 aromatic heterocycles. The fourth-order valence-corrected chi connectivity index (χ4v) is 1.81. The highest BCUT2D eigenvalue weighted by molar-refractivity contribution is 5.45. The monoisotopic (exact) mass is 288 g/mol. The number of hydrogen-bond acceptors (Lipinski definition) is 4. The minimum absolute atomic E-state index is 0.00125. The molecule has 0 bridgehead atoms. The number of halogens is 3. The van der Waals surface area contributed by atoms with Crippen molar-refractivity contribution in [1.29, 1.82) is 5.26 Å². The molecule has 0 aliphatic rings. The lowest BCUT2D eigenvalue weighted by atomic mass is 10.1. The number of ether oxygens (including phenoxy) is 1.